The minimum absolute atomic E-state index is 0.153. The van der Waals surface area contributed by atoms with Crippen LogP contribution in [0.1, 0.15) is 18.9 Å². The van der Waals surface area contributed by atoms with Gasteiger partial charge in [0.15, 0.2) is 0 Å². The molecule has 0 aliphatic heterocycles. The van der Waals surface area contributed by atoms with E-state index in [0.717, 1.165) is 6.42 Å². The number of hydrogen-bond donors (Lipinski definition) is 2. The predicted octanol–water partition coefficient (Wildman–Crippen LogP) is 1.22. The molecule has 6 heteroatoms. The Morgan fingerprint density at radius 2 is 2.18 bits per heavy atom. The van der Waals surface area contributed by atoms with Gasteiger partial charge in [0.1, 0.15) is 11.6 Å². The molecule has 0 spiro atoms. The van der Waals surface area contributed by atoms with Crippen LogP contribution >= 0.6 is 0 Å². The summed E-state index contributed by atoms with van der Waals surface area (Å²) in [6.07, 6.45) is 2.20. The highest BCUT2D eigenvalue weighted by Crippen LogP contribution is 2.15. The molecule has 0 unspecified atom stereocenters. The third-order valence-corrected chi connectivity index (χ3v) is 1.75. The first-order chi connectivity index (χ1) is 8.11. The first-order valence-corrected chi connectivity index (χ1v) is 5.17. The molecule has 0 aliphatic carbocycles. The van der Waals surface area contributed by atoms with Crippen molar-refractivity contribution in [2.75, 3.05) is 6.61 Å². The van der Waals surface area contributed by atoms with Crippen molar-refractivity contribution in [2.24, 2.45) is 21.7 Å². The SMILES string of the molecule is CCCOc1cc(F)cc(C=NN=C(N)N)c1. The molecule has 1 aromatic carbocycles. The minimum Gasteiger partial charge on any atom is -0.493 e. The van der Waals surface area contributed by atoms with Gasteiger partial charge in [0, 0.05) is 11.6 Å². The van der Waals surface area contributed by atoms with Gasteiger partial charge in [0.25, 0.3) is 0 Å². The molecule has 0 aliphatic rings. The zero-order valence-electron chi connectivity index (χ0n) is 9.56. The van der Waals surface area contributed by atoms with E-state index in [0.29, 0.717) is 17.9 Å². The van der Waals surface area contributed by atoms with Gasteiger partial charge < -0.3 is 16.2 Å². The lowest BCUT2D eigenvalue weighted by atomic mass is 10.2. The number of guanidine groups is 1. The zero-order valence-corrected chi connectivity index (χ0v) is 9.56. The van der Waals surface area contributed by atoms with Gasteiger partial charge in [-0.05, 0) is 18.6 Å². The molecule has 0 aromatic heterocycles. The van der Waals surface area contributed by atoms with Crippen LogP contribution in [0.2, 0.25) is 0 Å². The summed E-state index contributed by atoms with van der Waals surface area (Å²) >= 11 is 0. The fourth-order valence-corrected chi connectivity index (χ4v) is 1.12. The summed E-state index contributed by atoms with van der Waals surface area (Å²) in [5.74, 6) is -0.0946. The highest BCUT2D eigenvalue weighted by Gasteiger charge is 2.00. The van der Waals surface area contributed by atoms with E-state index in [1.165, 1.54) is 18.3 Å². The zero-order chi connectivity index (χ0) is 12.7. The summed E-state index contributed by atoms with van der Waals surface area (Å²) in [5.41, 5.74) is 10.7. The first kappa shape index (κ1) is 13.0. The molecule has 17 heavy (non-hydrogen) atoms. The van der Waals surface area contributed by atoms with Gasteiger partial charge in [0.2, 0.25) is 5.96 Å². The van der Waals surface area contributed by atoms with E-state index in [-0.39, 0.29) is 5.96 Å². The molecule has 1 aromatic rings. The maximum atomic E-state index is 13.2. The van der Waals surface area contributed by atoms with E-state index in [4.69, 9.17) is 16.2 Å². The monoisotopic (exact) mass is 238 g/mol. The van der Waals surface area contributed by atoms with Crippen molar-refractivity contribution in [2.45, 2.75) is 13.3 Å². The second-order valence-corrected chi connectivity index (χ2v) is 3.34. The molecule has 1 rings (SSSR count). The summed E-state index contributed by atoms with van der Waals surface area (Å²) < 4.78 is 18.5. The smallest absolute Gasteiger partial charge is 0.211 e. The Labute approximate surface area is 99.0 Å². The molecule has 92 valence electrons. The second-order valence-electron chi connectivity index (χ2n) is 3.34. The van der Waals surface area contributed by atoms with Crippen LogP contribution in [0.4, 0.5) is 4.39 Å². The Hall–Kier alpha value is -2.11. The maximum Gasteiger partial charge on any atom is 0.211 e. The minimum atomic E-state index is -0.398. The Morgan fingerprint density at radius 1 is 1.41 bits per heavy atom. The molecule has 0 atom stereocenters. The van der Waals surface area contributed by atoms with Crippen LogP contribution in [0.25, 0.3) is 0 Å². The van der Waals surface area contributed by atoms with Gasteiger partial charge in [-0.25, -0.2) is 4.39 Å². The standard InChI is InChI=1S/C11H15FN4O/c1-2-3-17-10-5-8(4-9(12)6-10)7-15-16-11(13)14/h4-7H,2-3H2,1H3,(H4,13,14,16). The van der Waals surface area contributed by atoms with E-state index in [2.05, 4.69) is 10.2 Å². The maximum absolute atomic E-state index is 13.2. The lowest BCUT2D eigenvalue weighted by molar-refractivity contribution is 0.316. The topological polar surface area (TPSA) is 86.0 Å². The Morgan fingerprint density at radius 3 is 2.82 bits per heavy atom. The molecule has 0 heterocycles. The lowest BCUT2D eigenvalue weighted by Gasteiger charge is -2.05. The third-order valence-electron chi connectivity index (χ3n) is 1.75. The summed E-state index contributed by atoms with van der Waals surface area (Å²) in [6, 6.07) is 4.28. The molecule has 0 bridgehead atoms. The number of benzene rings is 1. The van der Waals surface area contributed by atoms with Crippen molar-refractivity contribution in [3.05, 3.63) is 29.6 Å². The van der Waals surface area contributed by atoms with Crippen molar-refractivity contribution in [3.63, 3.8) is 0 Å². The van der Waals surface area contributed by atoms with E-state index >= 15 is 0 Å². The van der Waals surface area contributed by atoms with Crippen LogP contribution < -0.4 is 16.2 Å². The normalized spacial score (nSPS) is 10.5. The van der Waals surface area contributed by atoms with Crippen LogP contribution in [0.5, 0.6) is 5.75 Å². The van der Waals surface area contributed by atoms with Gasteiger partial charge >= 0.3 is 0 Å². The van der Waals surface area contributed by atoms with Crippen molar-refractivity contribution < 1.29 is 9.13 Å². The van der Waals surface area contributed by atoms with E-state index in [1.54, 1.807) is 6.07 Å². The van der Waals surface area contributed by atoms with Crippen molar-refractivity contribution in [1.29, 1.82) is 0 Å². The number of ether oxygens (including phenoxy) is 1. The predicted molar refractivity (Wildman–Crippen MR) is 65.6 cm³/mol. The van der Waals surface area contributed by atoms with Crippen LogP contribution in [-0.2, 0) is 0 Å². The van der Waals surface area contributed by atoms with Crippen molar-refractivity contribution >= 4 is 12.2 Å². The highest BCUT2D eigenvalue weighted by atomic mass is 19.1. The van der Waals surface area contributed by atoms with Crippen molar-refractivity contribution in [3.8, 4) is 5.75 Å². The van der Waals surface area contributed by atoms with Gasteiger partial charge in [-0.1, -0.05) is 6.92 Å². The molecule has 0 saturated carbocycles. The van der Waals surface area contributed by atoms with E-state index in [1.807, 2.05) is 6.92 Å². The highest BCUT2D eigenvalue weighted by molar-refractivity contribution is 5.82. The molecule has 0 saturated heterocycles. The number of rotatable bonds is 5. The fraction of sp³-hybridized carbons (Fsp3) is 0.273. The average molecular weight is 238 g/mol. The summed E-state index contributed by atoms with van der Waals surface area (Å²) in [7, 11) is 0. The first-order valence-electron chi connectivity index (χ1n) is 5.17. The number of nitrogens with two attached hydrogens (primary N) is 2. The van der Waals surface area contributed by atoms with E-state index in [9.17, 15) is 4.39 Å². The van der Waals surface area contributed by atoms with Crippen LogP contribution in [0, 0.1) is 5.82 Å². The van der Waals surface area contributed by atoms with Crippen LogP contribution in [0.3, 0.4) is 0 Å². The lowest BCUT2D eigenvalue weighted by Crippen LogP contribution is -2.21. The second kappa shape index (κ2) is 6.47. The van der Waals surface area contributed by atoms with Gasteiger partial charge in [0.05, 0.1) is 12.8 Å². The van der Waals surface area contributed by atoms with Gasteiger partial charge in [-0.15, -0.1) is 5.10 Å². The molecule has 0 amide bonds. The molecule has 0 radical (unpaired) electrons. The van der Waals surface area contributed by atoms with Crippen LogP contribution in [-0.4, -0.2) is 18.8 Å². The Balaban J connectivity index is 2.82. The summed E-state index contributed by atoms with van der Waals surface area (Å²) in [4.78, 5) is 0. The molecule has 0 fully saturated rings. The molecule has 4 N–H and O–H groups in total. The van der Waals surface area contributed by atoms with Crippen LogP contribution in [0.15, 0.2) is 28.4 Å². The molecular weight excluding hydrogens is 223 g/mol. The number of nitrogens with zero attached hydrogens (tertiary/aromatic N) is 2. The van der Waals surface area contributed by atoms with E-state index < -0.39 is 5.82 Å². The third kappa shape index (κ3) is 4.96. The average Bonchev–Trinajstić information content (AvgIpc) is 2.25. The number of halogens is 1. The van der Waals surface area contributed by atoms with Gasteiger partial charge in [-0.2, -0.15) is 5.10 Å². The molecule has 5 nitrogen and oxygen atoms in total. The largest absolute Gasteiger partial charge is 0.493 e. The summed E-state index contributed by atoms with van der Waals surface area (Å²) in [5, 5.41) is 7.01. The molecular formula is C11H15FN4O. The van der Waals surface area contributed by atoms with Gasteiger partial charge in [-0.3, -0.25) is 0 Å². The summed E-state index contributed by atoms with van der Waals surface area (Å²) in [6.45, 7) is 2.51. The van der Waals surface area contributed by atoms with Crippen molar-refractivity contribution in [1.82, 2.24) is 0 Å². The number of hydrogen-bond acceptors (Lipinski definition) is 3. The fourth-order valence-electron chi connectivity index (χ4n) is 1.12. The Kier molecular flexibility index (Phi) is 4.93. The quantitative estimate of drug-likeness (QED) is 0.459. The Bertz CT molecular complexity index is 427.